The summed E-state index contributed by atoms with van der Waals surface area (Å²) in [5, 5.41) is 21.2. The number of hydrogen-bond donors (Lipinski definition) is 2. The van der Waals surface area contributed by atoms with Crippen molar-refractivity contribution in [2.45, 2.75) is 64.9 Å². The van der Waals surface area contributed by atoms with E-state index in [0.717, 1.165) is 37.7 Å². The summed E-state index contributed by atoms with van der Waals surface area (Å²) in [4.78, 5) is 23.0. The number of allylic oxidation sites excluding steroid dienone is 3. The predicted octanol–water partition coefficient (Wildman–Crippen LogP) is 3.50. The molecule has 4 nitrogen and oxygen atoms in total. The zero-order valence-corrected chi connectivity index (χ0v) is 15.1. The average molecular weight is 344 g/mol. The van der Waals surface area contributed by atoms with Crippen molar-refractivity contribution >= 4 is 12.1 Å². The Hall–Kier alpha value is -1.42. The summed E-state index contributed by atoms with van der Waals surface area (Å²) in [6.07, 6.45) is 7.61. The van der Waals surface area contributed by atoms with Crippen LogP contribution in [0.25, 0.3) is 0 Å². The normalized spacial score (nSPS) is 48.1. The number of carbonyl (C=O) groups is 2. The molecule has 0 aromatic carbocycles. The Bertz CT molecular complexity index is 690. The monoisotopic (exact) mass is 344 g/mol. The van der Waals surface area contributed by atoms with Crippen LogP contribution in [0.5, 0.6) is 0 Å². The predicted molar refractivity (Wildman–Crippen MR) is 93.8 cm³/mol. The second-order valence-electron chi connectivity index (χ2n) is 9.10. The van der Waals surface area contributed by atoms with Gasteiger partial charge in [-0.05, 0) is 78.8 Å². The lowest BCUT2D eigenvalue weighted by Gasteiger charge is -2.59. The minimum Gasteiger partial charge on any atom is -0.505 e. The summed E-state index contributed by atoms with van der Waals surface area (Å²) < 4.78 is 0. The van der Waals surface area contributed by atoms with Crippen LogP contribution in [0, 0.1) is 28.6 Å². The number of fused-ring (bicyclic) bond motifs is 5. The van der Waals surface area contributed by atoms with Crippen LogP contribution in [0.1, 0.15) is 58.8 Å². The maximum absolute atomic E-state index is 11.9. The van der Waals surface area contributed by atoms with Crippen molar-refractivity contribution in [2.24, 2.45) is 28.6 Å². The number of aliphatic hydroxyl groups excluding tert-OH is 2. The van der Waals surface area contributed by atoms with Gasteiger partial charge in [0.05, 0.1) is 6.10 Å². The van der Waals surface area contributed by atoms with Crippen LogP contribution >= 0.6 is 0 Å². The molecule has 0 amide bonds. The van der Waals surface area contributed by atoms with Gasteiger partial charge in [-0.15, -0.1) is 0 Å². The van der Waals surface area contributed by atoms with Crippen LogP contribution in [-0.2, 0) is 9.59 Å². The molecule has 0 aromatic heterocycles. The molecule has 2 N–H and O–H groups in total. The van der Waals surface area contributed by atoms with Gasteiger partial charge in [0.25, 0.3) is 0 Å². The second-order valence-corrected chi connectivity index (χ2v) is 9.10. The molecular formula is C21H28O4. The van der Waals surface area contributed by atoms with Gasteiger partial charge < -0.3 is 10.2 Å². The van der Waals surface area contributed by atoms with Crippen molar-refractivity contribution in [2.75, 3.05) is 0 Å². The van der Waals surface area contributed by atoms with E-state index in [-0.39, 0.29) is 28.3 Å². The third-order valence-electron chi connectivity index (χ3n) is 8.10. The van der Waals surface area contributed by atoms with E-state index in [1.807, 2.05) is 6.08 Å². The maximum atomic E-state index is 11.9. The highest BCUT2D eigenvalue weighted by Gasteiger charge is 2.61. The number of ketones is 1. The largest absolute Gasteiger partial charge is 0.505 e. The highest BCUT2D eigenvalue weighted by Crippen LogP contribution is 2.66. The molecule has 136 valence electrons. The second kappa shape index (κ2) is 5.54. The molecule has 0 unspecified atom stereocenters. The first-order chi connectivity index (χ1) is 11.8. The van der Waals surface area contributed by atoms with Crippen LogP contribution in [0.15, 0.2) is 23.0 Å². The topological polar surface area (TPSA) is 74.6 Å². The van der Waals surface area contributed by atoms with Gasteiger partial charge in [-0.25, -0.2) is 0 Å². The van der Waals surface area contributed by atoms with Gasteiger partial charge in [-0.3, -0.25) is 9.59 Å². The van der Waals surface area contributed by atoms with Crippen molar-refractivity contribution in [1.82, 2.24) is 0 Å². The third kappa shape index (κ3) is 2.22. The summed E-state index contributed by atoms with van der Waals surface area (Å²) in [6.45, 7) is 4.36. The standard InChI is InChI=1S/C21H28O4/c1-20-8-7-13(23)9-12(20)3-4-14-15-5-6-16(18(25)11-22)21(15,2)10-17(24)19(14)20/h9,11,14-15,17,19,24-25H,3-8,10H2,1-2H3/b18-16+/t14-,15-,17-,19+,20-,21-/m0/s1. The maximum Gasteiger partial charge on any atom is 0.184 e. The Labute approximate surface area is 149 Å². The third-order valence-corrected chi connectivity index (χ3v) is 8.10. The zero-order chi connectivity index (χ0) is 18.0. The number of aliphatic hydroxyl groups is 2. The molecule has 0 aromatic rings. The Morgan fingerprint density at radius 1 is 1.20 bits per heavy atom. The SMILES string of the molecule is C[C@]12CCC(=O)C=C1CC[C@@H]1[C@@H]2[C@@H](O)C[C@]2(C)/C(=C(/O)C=O)CC[C@@H]12. The number of rotatable bonds is 1. The Balaban J connectivity index is 1.75. The van der Waals surface area contributed by atoms with Gasteiger partial charge in [0, 0.05) is 6.42 Å². The van der Waals surface area contributed by atoms with E-state index >= 15 is 0 Å². The van der Waals surface area contributed by atoms with E-state index in [9.17, 15) is 19.8 Å². The highest BCUT2D eigenvalue weighted by atomic mass is 16.3. The molecule has 6 atom stereocenters. The van der Waals surface area contributed by atoms with E-state index in [4.69, 9.17) is 0 Å². The Morgan fingerprint density at radius 3 is 2.68 bits per heavy atom. The van der Waals surface area contributed by atoms with Crippen LogP contribution in [0.4, 0.5) is 0 Å². The number of carbonyl (C=O) groups excluding carboxylic acids is 2. The van der Waals surface area contributed by atoms with Crippen LogP contribution in [0.2, 0.25) is 0 Å². The smallest absolute Gasteiger partial charge is 0.184 e. The first-order valence-electron chi connectivity index (χ1n) is 9.61. The summed E-state index contributed by atoms with van der Waals surface area (Å²) >= 11 is 0. The van der Waals surface area contributed by atoms with Crippen molar-refractivity contribution in [3.8, 4) is 0 Å². The van der Waals surface area contributed by atoms with Crippen LogP contribution in [-0.4, -0.2) is 28.4 Å². The van der Waals surface area contributed by atoms with Gasteiger partial charge in [-0.2, -0.15) is 0 Å². The lowest BCUT2D eigenvalue weighted by Crippen LogP contribution is -2.55. The molecule has 3 saturated carbocycles. The highest BCUT2D eigenvalue weighted by molar-refractivity contribution is 5.91. The molecule has 0 radical (unpaired) electrons. The molecule has 25 heavy (non-hydrogen) atoms. The van der Waals surface area contributed by atoms with Crippen LogP contribution in [0.3, 0.4) is 0 Å². The zero-order valence-electron chi connectivity index (χ0n) is 15.1. The molecule has 0 heterocycles. The van der Waals surface area contributed by atoms with Crippen LogP contribution < -0.4 is 0 Å². The Morgan fingerprint density at radius 2 is 1.96 bits per heavy atom. The minimum atomic E-state index is -0.458. The van der Waals surface area contributed by atoms with Gasteiger partial charge in [0.2, 0.25) is 0 Å². The van der Waals surface area contributed by atoms with E-state index in [2.05, 4.69) is 13.8 Å². The molecule has 0 saturated heterocycles. The fourth-order valence-electron chi connectivity index (χ4n) is 6.99. The molecule has 0 aliphatic heterocycles. The van der Waals surface area contributed by atoms with E-state index in [1.54, 1.807) is 0 Å². The summed E-state index contributed by atoms with van der Waals surface area (Å²) in [6, 6.07) is 0. The number of hydrogen-bond acceptors (Lipinski definition) is 4. The van der Waals surface area contributed by atoms with Gasteiger partial charge in [0.1, 0.15) is 0 Å². The Kier molecular flexibility index (Phi) is 3.77. The fraction of sp³-hybridized carbons (Fsp3) is 0.714. The summed E-state index contributed by atoms with van der Waals surface area (Å²) in [5.74, 6) is 1.07. The molecule has 0 bridgehead atoms. The minimum absolute atomic E-state index is 0.0866. The van der Waals surface area contributed by atoms with Gasteiger partial charge in [0.15, 0.2) is 17.8 Å². The van der Waals surface area contributed by atoms with Gasteiger partial charge >= 0.3 is 0 Å². The van der Waals surface area contributed by atoms with Gasteiger partial charge in [-0.1, -0.05) is 19.4 Å². The summed E-state index contributed by atoms with van der Waals surface area (Å²) in [7, 11) is 0. The molecule has 4 heteroatoms. The van der Waals surface area contributed by atoms with Crippen molar-refractivity contribution in [3.63, 3.8) is 0 Å². The first kappa shape index (κ1) is 17.0. The van der Waals surface area contributed by atoms with Crippen molar-refractivity contribution in [1.29, 1.82) is 0 Å². The fourth-order valence-corrected chi connectivity index (χ4v) is 6.99. The van der Waals surface area contributed by atoms with E-state index in [0.29, 0.717) is 31.0 Å². The molecule has 4 aliphatic carbocycles. The summed E-state index contributed by atoms with van der Waals surface area (Å²) in [5.41, 5.74) is 1.71. The molecule has 3 fully saturated rings. The van der Waals surface area contributed by atoms with Crippen molar-refractivity contribution in [3.05, 3.63) is 23.0 Å². The molecule has 4 aliphatic rings. The molecule has 4 rings (SSSR count). The number of aldehydes is 1. The first-order valence-corrected chi connectivity index (χ1v) is 9.61. The van der Waals surface area contributed by atoms with E-state index in [1.165, 1.54) is 5.57 Å². The van der Waals surface area contributed by atoms with E-state index < -0.39 is 6.10 Å². The lowest BCUT2D eigenvalue weighted by molar-refractivity contribution is -0.124. The van der Waals surface area contributed by atoms with Crippen molar-refractivity contribution < 1.29 is 19.8 Å². The average Bonchev–Trinajstić information content (AvgIpc) is 2.91. The lowest BCUT2D eigenvalue weighted by atomic mass is 9.46. The molecule has 0 spiro atoms. The molecular weight excluding hydrogens is 316 g/mol. The quantitative estimate of drug-likeness (QED) is 0.434.